The Morgan fingerprint density at radius 3 is 1.81 bits per heavy atom. The minimum atomic E-state index is -0.0751. The molecule has 0 saturated carbocycles. The molecule has 9 aromatic rings. The SMILES string of the molecule is CC1(C)c2ccccc2-c2ccc(N(c3ccccc3)c3ccc(-c4ccc(N5c6cccc7c6C6c8c(cccc8C8Sc9ccccc9C8C65)-c5ccccc5-7)cc4)cc3)cc21. The third-order valence-electron chi connectivity index (χ3n) is 15.2. The summed E-state index contributed by atoms with van der Waals surface area (Å²) in [6, 6.07) is 78.1. The molecule has 9 aromatic carbocycles. The van der Waals surface area contributed by atoms with Gasteiger partial charge in [0.2, 0.25) is 0 Å². The van der Waals surface area contributed by atoms with Crippen LogP contribution < -0.4 is 9.80 Å². The lowest BCUT2D eigenvalue weighted by atomic mass is 9.68. The van der Waals surface area contributed by atoms with Gasteiger partial charge in [-0.25, -0.2) is 0 Å². The molecule has 0 fully saturated rings. The van der Waals surface area contributed by atoms with E-state index >= 15 is 0 Å². The number of hydrogen-bond donors (Lipinski definition) is 0. The predicted molar refractivity (Wildman–Crippen MR) is 267 cm³/mol. The van der Waals surface area contributed by atoms with E-state index in [2.05, 4.69) is 242 Å². The number of nitrogens with zero attached hydrogens (tertiary/aromatic N) is 2. The van der Waals surface area contributed by atoms with Crippen LogP contribution in [0.3, 0.4) is 0 Å². The number of fused-ring (bicyclic) bond motifs is 11. The molecule has 14 rings (SSSR count). The Morgan fingerprint density at radius 1 is 0.453 bits per heavy atom. The molecule has 0 aromatic heterocycles. The summed E-state index contributed by atoms with van der Waals surface area (Å²) in [5.74, 6) is 0.604. The van der Waals surface area contributed by atoms with Gasteiger partial charge in [0.1, 0.15) is 0 Å². The van der Waals surface area contributed by atoms with Crippen molar-refractivity contribution in [2.45, 2.75) is 47.3 Å². The second-order valence-corrected chi connectivity index (χ2v) is 19.9. The van der Waals surface area contributed by atoms with Gasteiger partial charge in [0, 0.05) is 55.8 Å². The largest absolute Gasteiger partial charge is 0.336 e. The smallest absolute Gasteiger partial charge is 0.0535 e. The van der Waals surface area contributed by atoms with E-state index in [0.29, 0.717) is 11.2 Å². The van der Waals surface area contributed by atoms with E-state index in [4.69, 9.17) is 0 Å². The van der Waals surface area contributed by atoms with Crippen LogP contribution in [0, 0.1) is 0 Å². The first kappa shape index (κ1) is 36.4. The van der Waals surface area contributed by atoms with Crippen LogP contribution in [0.25, 0.3) is 44.5 Å². The van der Waals surface area contributed by atoms with E-state index in [-0.39, 0.29) is 17.4 Å². The highest BCUT2D eigenvalue weighted by Gasteiger charge is 2.56. The van der Waals surface area contributed by atoms with Gasteiger partial charge >= 0.3 is 0 Å². The number of para-hydroxylation sites is 1. The summed E-state index contributed by atoms with van der Waals surface area (Å²) in [6.07, 6.45) is 0. The molecule has 3 heteroatoms. The Balaban J connectivity index is 0.857. The summed E-state index contributed by atoms with van der Waals surface area (Å²) in [5.41, 5.74) is 25.4. The van der Waals surface area contributed by atoms with Crippen LogP contribution in [-0.2, 0) is 5.41 Å². The lowest BCUT2D eigenvalue weighted by Gasteiger charge is -2.43. The van der Waals surface area contributed by atoms with Crippen molar-refractivity contribution in [2.75, 3.05) is 9.80 Å². The Morgan fingerprint density at radius 2 is 1.03 bits per heavy atom. The predicted octanol–water partition coefficient (Wildman–Crippen LogP) is 16.4. The lowest BCUT2D eigenvalue weighted by Crippen LogP contribution is -2.41. The zero-order valence-corrected chi connectivity index (χ0v) is 36.6. The molecule has 2 nitrogen and oxygen atoms in total. The number of hydrogen-bond acceptors (Lipinski definition) is 3. The Labute approximate surface area is 379 Å². The number of anilines is 5. The summed E-state index contributed by atoms with van der Waals surface area (Å²) in [5, 5.41) is 0.354. The molecule has 4 atom stereocenters. The molecule has 0 saturated heterocycles. The van der Waals surface area contributed by atoms with E-state index in [1.165, 1.54) is 99.8 Å². The Bertz CT molecular complexity index is 3370. The fraction of sp³-hybridized carbons (Fsp3) is 0.115. The molecule has 304 valence electrons. The first-order valence-electron chi connectivity index (χ1n) is 22.7. The maximum absolute atomic E-state index is 2.73. The average molecular weight is 837 g/mol. The van der Waals surface area contributed by atoms with Gasteiger partial charge in [-0.1, -0.05) is 159 Å². The van der Waals surface area contributed by atoms with Crippen molar-refractivity contribution in [3.63, 3.8) is 0 Å². The molecule has 5 aliphatic rings. The third-order valence-corrected chi connectivity index (χ3v) is 16.7. The first-order chi connectivity index (χ1) is 31.5. The fourth-order valence-electron chi connectivity index (χ4n) is 12.5. The van der Waals surface area contributed by atoms with Crippen molar-refractivity contribution in [1.82, 2.24) is 0 Å². The standard InChI is InChI=1S/C61H44N2S/c1-61(2)51-23-10-8-18-45(51)46-35-34-42(36-52(46)61)62(39-14-4-3-5-15-39)40-30-26-37(27-31-40)38-28-32-41(33-29-38)63-53-24-13-21-48-44-17-7-6-16-43(44)47-20-12-22-50-55(47)58(56(48)53)59(63)57-49-19-9-11-25-54(49)64-60(50)57/h3-36,57-60H,1-2H3. The summed E-state index contributed by atoms with van der Waals surface area (Å²) in [6.45, 7) is 4.72. The van der Waals surface area contributed by atoms with Crippen molar-refractivity contribution in [3.8, 4) is 44.5 Å². The second kappa shape index (κ2) is 13.5. The Hall–Kier alpha value is -7.07. The first-order valence-corrected chi connectivity index (χ1v) is 23.6. The summed E-state index contributed by atoms with van der Waals surface area (Å²) in [4.78, 5) is 6.56. The van der Waals surface area contributed by atoms with Gasteiger partial charge in [0.05, 0.1) is 6.04 Å². The van der Waals surface area contributed by atoms with Crippen LogP contribution in [0.2, 0.25) is 0 Å². The van der Waals surface area contributed by atoms with Gasteiger partial charge < -0.3 is 9.80 Å². The lowest BCUT2D eigenvalue weighted by molar-refractivity contribution is 0.468. The Kier molecular flexibility index (Phi) is 7.66. The number of rotatable bonds is 5. The molecule has 2 heterocycles. The molecule has 64 heavy (non-hydrogen) atoms. The average Bonchev–Trinajstić information content (AvgIpc) is 3.95. The van der Waals surface area contributed by atoms with Crippen LogP contribution in [-0.4, -0.2) is 6.04 Å². The molecule has 3 aliphatic carbocycles. The highest BCUT2D eigenvalue weighted by atomic mass is 32.2. The summed E-state index contributed by atoms with van der Waals surface area (Å²) >= 11 is 2.08. The van der Waals surface area contributed by atoms with Crippen molar-refractivity contribution in [2.24, 2.45) is 0 Å². The molecule has 0 spiro atoms. The second-order valence-electron chi connectivity index (χ2n) is 18.7. The maximum Gasteiger partial charge on any atom is 0.0535 e. The highest BCUT2D eigenvalue weighted by molar-refractivity contribution is 8.00. The summed E-state index contributed by atoms with van der Waals surface area (Å²) < 4.78 is 0. The molecular formula is C61H44N2S. The number of thioether (sulfide) groups is 1. The van der Waals surface area contributed by atoms with E-state index in [1.54, 1.807) is 0 Å². The van der Waals surface area contributed by atoms with Crippen LogP contribution in [0.15, 0.2) is 211 Å². The molecule has 0 bridgehead atoms. The zero-order valence-electron chi connectivity index (χ0n) is 35.7. The number of benzene rings is 9. The van der Waals surface area contributed by atoms with Crippen LogP contribution in [0.5, 0.6) is 0 Å². The molecule has 0 radical (unpaired) electrons. The van der Waals surface area contributed by atoms with Crippen molar-refractivity contribution >= 4 is 40.2 Å². The fourth-order valence-corrected chi connectivity index (χ4v) is 14.1. The maximum atomic E-state index is 2.73. The quantitative estimate of drug-likeness (QED) is 0.171. The van der Waals surface area contributed by atoms with Crippen LogP contribution >= 0.6 is 11.8 Å². The van der Waals surface area contributed by atoms with Gasteiger partial charge in [-0.2, -0.15) is 0 Å². The minimum absolute atomic E-state index is 0.0751. The normalized spacial score (nSPS) is 19.4. The van der Waals surface area contributed by atoms with Gasteiger partial charge in [0.15, 0.2) is 0 Å². The summed E-state index contributed by atoms with van der Waals surface area (Å²) in [7, 11) is 0. The molecule has 4 unspecified atom stereocenters. The van der Waals surface area contributed by atoms with Gasteiger partial charge in [-0.15, -0.1) is 11.8 Å². The zero-order chi connectivity index (χ0) is 42.3. The van der Waals surface area contributed by atoms with Crippen LogP contribution in [0.1, 0.15) is 64.3 Å². The van der Waals surface area contributed by atoms with E-state index in [0.717, 1.165) is 11.4 Å². The third kappa shape index (κ3) is 4.99. The molecular weight excluding hydrogens is 793 g/mol. The monoisotopic (exact) mass is 836 g/mol. The molecule has 2 aliphatic heterocycles. The van der Waals surface area contributed by atoms with Gasteiger partial charge in [0.25, 0.3) is 0 Å². The van der Waals surface area contributed by atoms with Gasteiger partial charge in [-0.3, -0.25) is 0 Å². The van der Waals surface area contributed by atoms with Crippen molar-refractivity contribution < 1.29 is 0 Å². The molecule has 0 N–H and O–H groups in total. The van der Waals surface area contributed by atoms with E-state index in [9.17, 15) is 0 Å². The van der Waals surface area contributed by atoms with E-state index in [1.807, 2.05) is 0 Å². The highest BCUT2D eigenvalue weighted by Crippen LogP contribution is 2.69. The minimum Gasteiger partial charge on any atom is -0.336 e. The van der Waals surface area contributed by atoms with E-state index < -0.39 is 0 Å². The topological polar surface area (TPSA) is 6.48 Å². The molecule has 0 amide bonds. The van der Waals surface area contributed by atoms with Gasteiger partial charge in [-0.05, 0) is 139 Å². The van der Waals surface area contributed by atoms with Crippen molar-refractivity contribution in [3.05, 3.63) is 240 Å². The van der Waals surface area contributed by atoms with Crippen molar-refractivity contribution in [1.29, 1.82) is 0 Å². The van der Waals surface area contributed by atoms with Crippen LogP contribution in [0.4, 0.5) is 28.4 Å².